The van der Waals surface area contributed by atoms with Crippen molar-refractivity contribution < 1.29 is 4.79 Å². The maximum atomic E-state index is 11.7. The number of thiol groups is 2. The van der Waals surface area contributed by atoms with Crippen LogP contribution in [0.5, 0.6) is 0 Å². The molecule has 0 N–H and O–H groups in total. The quantitative estimate of drug-likeness (QED) is 0.511. The van der Waals surface area contributed by atoms with Crippen LogP contribution in [0.15, 0.2) is 0 Å². The number of carbonyl (C=O) groups excluding carboxylic acids is 1. The Kier molecular flexibility index (Phi) is 8.58. The van der Waals surface area contributed by atoms with Crippen molar-refractivity contribution in [2.45, 2.75) is 25.7 Å². The fourth-order valence-corrected chi connectivity index (χ4v) is 1.95. The normalized spacial score (nSPS) is 12.6. The van der Waals surface area contributed by atoms with Gasteiger partial charge in [0.2, 0.25) is 5.91 Å². The maximum Gasteiger partial charge on any atom is 0.225 e. The van der Waals surface area contributed by atoms with Crippen LogP contribution in [0.2, 0.25) is 0 Å². The zero-order valence-corrected chi connectivity index (χ0v) is 10.9. The first kappa shape index (κ1) is 14.2. The van der Waals surface area contributed by atoms with Gasteiger partial charge in [-0.3, -0.25) is 4.79 Å². The van der Waals surface area contributed by atoms with Gasteiger partial charge in [0.15, 0.2) is 0 Å². The zero-order chi connectivity index (χ0) is 11.0. The summed E-state index contributed by atoms with van der Waals surface area (Å²) in [5.74, 6) is 2.08. The molecule has 0 aliphatic heterocycles. The first-order valence-electron chi connectivity index (χ1n) is 5.06. The van der Waals surface area contributed by atoms with Gasteiger partial charge in [0.25, 0.3) is 0 Å². The van der Waals surface area contributed by atoms with Crippen molar-refractivity contribution in [3.05, 3.63) is 0 Å². The fraction of sp³-hybridized carbons (Fsp3) is 0.900. The lowest BCUT2D eigenvalue weighted by Gasteiger charge is -2.19. The van der Waals surface area contributed by atoms with Gasteiger partial charge in [0.05, 0.1) is 0 Å². The molecule has 14 heavy (non-hydrogen) atoms. The molecule has 0 aromatic carbocycles. The molecule has 0 fully saturated rings. The molecule has 0 aliphatic rings. The molecule has 0 heterocycles. The Balaban J connectivity index is 3.94. The van der Waals surface area contributed by atoms with Crippen molar-refractivity contribution in [1.29, 1.82) is 0 Å². The van der Waals surface area contributed by atoms with E-state index in [9.17, 15) is 4.79 Å². The van der Waals surface area contributed by atoms with Crippen LogP contribution >= 0.6 is 25.3 Å². The highest BCUT2D eigenvalue weighted by Gasteiger charge is 2.18. The zero-order valence-electron chi connectivity index (χ0n) is 9.07. The average molecular weight is 235 g/mol. The van der Waals surface area contributed by atoms with Crippen LogP contribution < -0.4 is 0 Å². The van der Waals surface area contributed by atoms with Crippen molar-refractivity contribution in [3.63, 3.8) is 0 Å². The SMILES string of the molecule is CN(C)C(=O)C(CCS)CCCCS. The number of rotatable bonds is 7. The van der Waals surface area contributed by atoms with Gasteiger partial charge in [-0.2, -0.15) is 25.3 Å². The van der Waals surface area contributed by atoms with Crippen molar-refractivity contribution in [2.24, 2.45) is 5.92 Å². The number of hydrogen-bond acceptors (Lipinski definition) is 3. The third-order valence-corrected chi connectivity index (χ3v) is 2.80. The van der Waals surface area contributed by atoms with E-state index in [0.29, 0.717) is 0 Å². The molecule has 0 saturated heterocycles. The highest BCUT2D eigenvalue weighted by Crippen LogP contribution is 2.16. The Labute approximate surface area is 98.3 Å². The predicted octanol–water partition coefficient (Wildman–Crippen LogP) is 2.11. The molecule has 1 amide bonds. The number of nitrogens with zero attached hydrogens (tertiary/aromatic N) is 1. The van der Waals surface area contributed by atoms with Crippen LogP contribution in [0.25, 0.3) is 0 Å². The molecule has 0 aromatic rings. The summed E-state index contributed by atoms with van der Waals surface area (Å²) in [5.41, 5.74) is 0. The van der Waals surface area contributed by atoms with Gasteiger partial charge in [0.1, 0.15) is 0 Å². The topological polar surface area (TPSA) is 20.3 Å². The Morgan fingerprint density at radius 1 is 1.14 bits per heavy atom. The summed E-state index contributed by atoms with van der Waals surface area (Å²) in [4.78, 5) is 13.4. The van der Waals surface area contributed by atoms with Gasteiger partial charge < -0.3 is 4.90 Å². The molecular formula is C10H21NOS2. The molecule has 0 aliphatic carbocycles. The van der Waals surface area contributed by atoms with Crippen LogP contribution in [0.4, 0.5) is 0 Å². The van der Waals surface area contributed by atoms with E-state index in [1.807, 2.05) is 14.1 Å². The Hall–Kier alpha value is 0.170. The minimum absolute atomic E-state index is 0.155. The van der Waals surface area contributed by atoms with E-state index in [1.165, 1.54) is 0 Å². The molecule has 0 aromatic heterocycles. The van der Waals surface area contributed by atoms with Crippen molar-refractivity contribution in [3.8, 4) is 0 Å². The van der Waals surface area contributed by atoms with Gasteiger partial charge in [-0.25, -0.2) is 0 Å². The Bertz CT molecular complexity index is 162. The summed E-state index contributed by atoms with van der Waals surface area (Å²) in [6.45, 7) is 0. The van der Waals surface area contributed by atoms with Gasteiger partial charge in [-0.15, -0.1) is 0 Å². The molecule has 2 nitrogen and oxygen atoms in total. The molecule has 0 saturated carbocycles. The maximum absolute atomic E-state index is 11.7. The lowest BCUT2D eigenvalue weighted by molar-refractivity contribution is -0.133. The summed E-state index contributed by atoms with van der Waals surface area (Å²) >= 11 is 8.34. The lowest BCUT2D eigenvalue weighted by atomic mass is 9.98. The van der Waals surface area contributed by atoms with Crippen LogP contribution in [0, 0.1) is 5.92 Å². The van der Waals surface area contributed by atoms with Crippen molar-refractivity contribution in [1.82, 2.24) is 4.90 Å². The molecule has 0 rings (SSSR count). The van der Waals surface area contributed by atoms with Crippen LogP contribution in [-0.4, -0.2) is 36.4 Å². The van der Waals surface area contributed by atoms with E-state index in [2.05, 4.69) is 25.3 Å². The summed E-state index contributed by atoms with van der Waals surface area (Å²) in [5, 5.41) is 0. The van der Waals surface area contributed by atoms with Crippen molar-refractivity contribution >= 4 is 31.2 Å². The van der Waals surface area contributed by atoms with E-state index >= 15 is 0 Å². The molecule has 0 spiro atoms. The first-order valence-corrected chi connectivity index (χ1v) is 6.32. The minimum Gasteiger partial charge on any atom is -0.349 e. The number of carbonyl (C=O) groups is 1. The monoisotopic (exact) mass is 235 g/mol. The summed E-state index contributed by atoms with van der Waals surface area (Å²) in [6, 6.07) is 0. The van der Waals surface area contributed by atoms with Crippen molar-refractivity contribution in [2.75, 3.05) is 25.6 Å². The average Bonchev–Trinajstić information content (AvgIpc) is 2.15. The van der Waals surface area contributed by atoms with Gasteiger partial charge in [-0.05, 0) is 30.8 Å². The molecular weight excluding hydrogens is 214 g/mol. The number of hydrogen-bond donors (Lipinski definition) is 2. The molecule has 0 bridgehead atoms. The number of unbranched alkanes of at least 4 members (excludes halogenated alkanes) is 1. The van der Waals surface area contributed by atoms with E-state index in [-0.39, 0.29) is 11.8 Å². The highest BCUT2D eigenvalue weighted by molar-refractivity contribution is 7.80. The molecule has 4 heteroatoms. The molecule has 0 radical (unpaired) electrons. The van der Waals surface area contributed by atoms with E-state index in [1.54, 1.807) is 4.90 Å². The number of amides is 1. The van der Waals surface area contributed by atoms with Crippen LogP contribution in [0.1, 0.15) is 25.7 Å². The largest absolute Gasteiger partial charge is 0.349 e. The summed E-state index contributed by atoms with van der Waals surface area (Å²) in [6.07, 6.45) is 4.03. The fourth-order valence-electron chi connectivity index (χ4n) is 1.41. The summed E-state index contributed by atoms with van der Waals surface area (Å²) in [7, 11) is 3.62. The van der Waals surface area contributed by atoms with E-state index < -0.39 is 0 Å². The minimum atomic E-state index is 0.155. The lowest BCUT2D eigenvalue weighted by Crippen LogP contribution is -2.30. The first-order chi connectivity index (χ1) is 6.63. The Morgan fingerprint density at radius 2 is 1.79 bits per heavy atom. The smallest absolute Gasteiger partial charge is 0.225 e. The second-order valence-electron chi connectivity index (χ2n) is 3.66. The standard InChI is InChI=1S/C10H21NOS2/c1-11(2)10(12)9(6-8-14)5-3-4-7-13/h9,13-14H,3-8H2,1-2H3. The van der Waals surface area contributed by atoms with Crippen LogP contribution in [-0.2, 0) is 4.79 Å². The van der Waals surface area contributed by atoms with Gasteiger partial charge >= 0.3 is 0 Å². The Morgan fingerprint density at radius 3 is 2.21 bits per heavy atom. The summed E-state index contributed by atoms with van der Waals surface area (Å²) < 4.78 is 0. The van der Waals surface area contributed by atoms with Gasteiger partial charge in [0, 0.05) is 20.0 Å². The highest BCUT2D eigenvalue weighted by atomic mass is 32.1. The second-order valence-corrected chi connectivity index (χ2v) is 4.56. The van der Waals surface area contributed by atoms with Crippen LogP contribution in [0.3, 0.4) is 0 Å². The molecule has 84 valence electrons. The third-order valence-electron chi connectivity index (χ3n) is 2.23. The van der Waals surface area contributed by atoms with E-state index in [4.69, 9.17) is 0 Å². The second kappa shape index (κ2) is 8.48. The molecule has 1 unspecified atom stereocenters. The predicted molar refractivity (Wildman–Crippen MR) is 68.4 cm³/mol. The third kappa shape index (κ3) is 5.81. The van der Waals surface area contributed by atoms with Gasteiger partial charge in [-0.1, -0.05) is 6.42 Å². The molecule has 1 atom stereocenters. The van der Waals surface area contributed by atoms with E-state index in [0.717, 1.165) is 37.2 Å².